The molecule has 1 heterocycles. The van der Waals surface area contributed by atoms with Crippen molar-refractivity contribution in [2.24, 2.45) is 0 Å². The van der Waals surface area contributed by atoms with Crippen LogP contribution in [0.2, 0.25) is 0 Å². The first kappa shape index (κ1) is 8.04. The van der Waals surface area contributed by atoms with E-state index >= 15 is 0 Å². The van der Waals surface area contributed by atoms with E-state index in [0.717, 1.165) is 0 Å². The van der Waals surface area contributed by atoms with Gasteiger partial charge in [0.2, 0.25) is 0 Å². The van der Waals surface area contributed by atoms with Crippen molar-refractivity contribution in [3.05, 3.63) is 23.8 Å². The van der Waals surface area contributed by atoms with Gasteiger partial charge in [-0.3, -0.25) is 0 Å². The van der Waals surface area contributed by atoms with Crippen LogP contribution in [-0.2, 0) is 0 Å². The van der Waals surface area contributed by atoms with Gasteiger partial charge in [0.25, 0.3) is 0 Å². The summed E-state index contributed by atoms with van der Waals surface area (Å²) in [5.74, 6) is 0.954. The van der Waals surface area contributed by atoms with Crippen LogP contribution >= 0.6 is 0 Å². The summed E-state index contributed by atoms with van der Waals surface area (Å²) < 4.78 is 18.2. The molecule has 0 saturated heterocycles. The molecule has 0 amide bonds. The standard InChI is InChI=1S/C9H9FN2O/c1-5-11-8-6(10)3-4-7(13-2)9(8)12-5/h3-4H,1-2H3,(H,11,12). The molecular formula is C9H9FN2O. The number of H-pyrrole nitrogens is 1. The third kappa shape index (κ3) is 1.14. The Morgan fingerprint density at radius 2 is 2.23 bits per heavy atom. The van der Waals surface area contributed by atoms with E-state index in [0.29, 0.717) is 22.6 Å². The van der Waals surface area contributed by atoms with Gasteiger partial charge in [0.1, 0.15) is 22.6 Å². The van der Waals surface area contributed by atoms with E-state index in [2.05, 4.69) is 9.97 Å². The molecule has 0 fully saturated rings. The number of aromatic amines is 1. The van der Waals surface area contributed by atoms with E-state index in [1.165, 1.54) is 6.07 Å². The molecule has 0 saturated carbocycles. The van der Waals surface area contributed by atoms with Crippen LogP contribution in [0.4, 0.5) is 4.39 Å². The highest BCUT2D eigenvalue weighted by Crippen LogP contribution is 2.25. The fraction of sp³-hybridized carbons (Fsp3) is 0.222. The van der Waals surface area contributed by atoms with Crippen LogP contribution in [0.1, 0.15) is 5.82 Å². The number of aromatic nitrogens is 2. The number of rotatable bonds is 1. The normalized spacial score (nSPS) is 10.7. The number of nitrogens with one attached hydrogen (secondary N) is 1. The van der Waals surface area contributed by atoms with Gasteiger partial charge in [-0.1, -0.05) is 0 Å². The van der Waals surface area contributed by atoms with Crippen LogP contribution in [-0.4, -0.2) is 17.1 Å². The molecule has 1 aromatic heterocycles. The molecule has 0 aliphatic heterocycles. The average Bonchev–Trinajstić information content (AvgIpc) is 2.48. The third-order valence-corrected chi connectivity index (χ3v) is 1.90. The lowest BCUT2D eigenvalue weighted by Crippen LogP contribution is -1.86. The van der Waals surface area contributed by atoms with Gasteiger partial charge in [0, 0.05) is 0 Å². The van der Waals surface area contributed by atoms with Gasteiger partial charge in [0.05, 0.1) is 7.11 Å². The minimum atomic E-state index is -0.333. The fourth-order valence-electron chi connectivity index (χ4n) is 1.32. The second-order valence-electron chi connectivity index (χ2n) is 2.80. The van der Waals surface area contributed by atoms with E-state index in [1.807, 2.05) is 0 Å². The molecule has 2 rings (SSSR count). The molecule has 68 valence electrons. The first-order valence-corrected chi connectivity index (χ1v) is 3.91. The second kappa shape index (κ2) is 2.73. The van der Waals surface area contributed by atoms with Crippen LogP contribution in [0, 0.1) is 12.7 Å². The average molecular weight is 180 g/mol. The molecule has 0 spiro atoms. The number of fused-ring (bicyclic) bond motifs is 1. The Labute approximate surface area is 74.6 Å². The Kier molecular flexibility index (Phi) is 1.69. The molecule has 2 aromatic rings. The lowest BCUT2D eigenvalue weighted by atomic mass is 10.3. The predicted octanol–water partition coefficient (Wildman–Crippen LogP) is 2.02. The maximum Gasteiger partial charge on any atom is 0.151 e. The zero-order valence-electron chi connectivity index (χ0n) is 7.39. The fourth-order valence-corrected chi connectivity index (χ4v) is 1.32. The van der Waals surface area contributed by atoms with Crippen molar-refractivity contribution in [2.45, 2.75) is 6.92 Å². The van der Waals surface area contributed by atoms with Crippen molar-refractivity contribution < 1.29 is 9.13 Å². The van der Waals surface area contributed by atoms with Crippen molar-refractivity contribution in [1.29, 1.82) is 0 Å². The number of nitrogens with zero attached hydrogens (tertiary/aromatic N) is 1. The van der Waals surface area contributed by atoms with Crippen molar-refractivity contribution >= 4 is 11.0 Å². The lowest BCUT2D eigenvalue weighted by molar-refractivity contribution is 0.418. The van der Waals surface area contributed by atoms with Gasteiger partial charge in [-0.25, -0.2) is 9.37 Å². The number of imidazole rings is 1. The van der Waals surface area contributed by atoms with Gasteiger partial charge < -0.3 is 9.72 Å². The Balaban J connectivity index is 2.83. The second-order valence-corrected chi connectivity index (χ2v) is 2.80. The van der Waals surface area contributed by atoms with Gasteiger partial charge in [-0.15, -0.1) is 0 Å². The summed E-state index contributed by atoms with van der Waals surface area (Å²) in [6.45, 7) is 1.78. The van der Waals surface area contributed by atoms with Crippen molar-refractivity contribution in [3.8, 4) is 5.75 Å². The molecule has 3 nitrogen and oxygen atoms in total. The number of benzene rings is 1. The summed E-state index contributed by atoms with van der Waals surface area (Å²) in [5, 5.41) is 0. The van der Waals surface area contributed by atoms with Crippen LogP contribution in [0.25, 0.3) is 11.0 Å². The quantitative estimate of drug-likeness (QED) is 0.729. The highest BCUT2D eigenvalue weighted by Gasteiger charge is 2.09. The van der Waals surface area contributed by atoms with Crippen LogP contribution < -0.4 is 4.74 Å². The van der Waals surface area contributed by atoms with Crippen LogP contribution in [0.5, 0.6) is 5.75 Å². The Hall–Kier alpha value is -1.58. The predicted molar refractivity (Wildman–Crippen MR) is 47.3 cm³/mol. The molecule has 0 radical (unpaired) electrons. The van der Waals surface area contributed by atoms with Crippen molar-refractivity contribution in [3.63, 3.8) is 0 Å². The SMILES string of the molecule is COc1ccc(F)c2nc(C)[nH]c12. The van der Waals surface area contributed by atoms with E-state index < -0.39 is 0 Å². The monoisotopic (exact) mass is 180 g/mol. The molecular weight excluding hydrogens is 171 g/mol. The molecule has 0 bridgehead atoms. The van der Waals surface area contributed by atoms with E-state index in [4.69, 9.17) is 4.74 Å². The summed E-state index contributed by atoms with van der Waals surface area (Å²) in [6.07, 6.45) is 0. The number of halogens is 1. The van der Waals surface area contributed by atoms with Gasteiger partial charge in [-0.2, -0.15) is 0 Å². The number of hydrogen-bond donors (Lipinski definition) is 1. The topological polar surface area (TPSA) is 37.9 Å². The molecule has 0 unspecified atom stereocenters. The van der Waals surface area contributed by atoms with Crippen molar-refractivity contribution in [1.82, 2.24) is 9.97 Å². The van der Waals surface area contributed by atoms with E-state index in [1.54, 1.807) is 20.1 Å². The smallest absolute Gasteiger partial charge is 0.151 e. The van der Waals surface area contributed by atoms with Gasteiger partial charge in [-0.05, 0) is 19.1 Å². The highest BCUT2D eigenvalue weighted by molar-refractivity contribution is 5.82. The molecule has 0 aliphatic rings. The minimum absolute atomic E-state index is 0.330. The number of methoxy groups -OCH3 is 1. The number of ether oxygens (including phenoxy) is 1. The molecule has 1 N–H and O–H groups in total. The molecule has 13 heavy (non-hydrogen) atoms. The van der Waals surface area contributed by atoms with Gasteiger partial charge >= 0.3 is 0 Å². The van der Waals surface area contributed by atoms with E-state index in [9.17, 15) is 4.39 Å². The Morgan fingerprint density at radius 1 is 1.46 bits per heavy atom. The molecule has 0 atom stereocenters. The maximum absolute atomic E-state index is 13.2. The Morgan fingerprint density at radius 3 is 2.92 bits per heavy atom. The summed E-state index contributed by atoms with van der Waals surface area (Å²) in [7, 11) is 1.54. The highest BCUT2D eigenvalue weighted by atomic mass is 19.1. The zero-order valence-corrected chi connectivity index (χ0v) is 7.39. The molecule has 4 heteroatoms. The summed E-state index contributed by atoms with van der Waals surface area (Å²) >= 11 is 0. The lowest BCUT2D eigenvalue weighted by Gasteiger charge is -1.99. The van der Waals surface area contributed by atoms with Crippen molar-refractivity contribution in [2.75, 3.05) is 7.11 Å². The third-order valence-electron chi connectivity index (χ3n) is 1.90. The number of aryl methyl sites for hydroxylation is 1. The largest absolute Gasteiger partial charge is 0.494 e. The summed E-state index contributed by atoms with van der Waals surface area (Å²) in [5.41, 5.74) is 0.942. The maximum atomic E-state index is 13.2. The molecule has 0 aliphatic carbocycles. The zero-order chi connectivity index (χ0) is 9.42. The summed E-state index contributed by atoms with van der Waals surface area (Å²) in [6, 6.07) is 2.93. The minimum Gasteiger partial charge on any atom is -0.494 e. The van der Waals surface area contributed by atoms with Crippen LogP contribution in [0.3, 0.4) is 0 Å². The first-order valence-electron chi connectivity index (χ1n) is 3.91. The van der Waals surface area contributed by atoms with E-state index in [-0.39, 0.29) is 5.82 Å². The number of hydrogen-bond acceptors (Lipinski definition) is 2. The summed E-state index contributed by atoms with van der Waals surface area (Å²) in [4.78, 5) is 6.95. The Bertz CT molecular complexity index is 450. The van der Waals surface area contributed by atoms with Crippen LogP contribution in [0.15, 0.2) is 12.1 Å². The first-order chi connectivity index (χ1) is 6.22. The van der Waals surface area contributed by atoms with Gasteiger partial charge in [0.15, 0.2) is 5.82 Å². The molecule has 1 aromatic carbocycles.